The Bertz CT molecular complexity index is 1040. The summed E-state index contributed by atoms with van der Waals surface area (Å²) in [6.45, 7) is 1.48. The van der Waals surface area contributed by atoms with Gasteiger partial charge in [0.2, 0.25) is 0 Å². The summed E-state index contributed by atoms with van der Waals surface area (Å²) in [7, 11) is 0. The Hall–Kier alpha value is -3.18. The number of rotatable bonds is 4. The van der Waals surface area contributed by atoms with Crippen LogP contribution in [0.25, 0.3) is 11.1 Å². The van der Waals surface area contributed by atoms with Gasteiger partial charge in [-0.1, -0.05) is 66.7 Å². The zero-order valence-electron chi connectivity index (χ0n) is 16.5. The first-order valence-electron chi connectivity index (χ1n) is 10.3. The topological polar surface area (TPSA) is 50.4 Å². The second-order valence-electron chi connectivity index (χ2n) is 7.86. The first-order valence-corrected chi connectivity index (χ1v) is 10.3. The van der Waals surface area contributed by atoms with E-state index < -0.39 is 6.09 Å². The highest BCUT2D eigenvalue weighted by molar-refractivity contribution is 5.79. The van der Waals surface area contributed by atoms with Crippen molar-refractivity contribution < 1.29 is 13.9 Å². The van der Waals surface area contributed by atoms with E-state index in [0.29, 0.717) is 18.7 Å². The van der Waals surface area contributed by atoms with Crippen LogP contribution in [0.4, 0.5) is 9.18 Å². The van der Waals surface area contributed by atoms with Crippen molar-refractivity contribution in [2.24, 2.45) is 0 Å². The van der Waals surface area contributed by atoms with Crippen molar-refractivity contribution in [2.45, 2.75) is 17.9 Å². The van der Waals surface area contributed by atoms with Gasteiger partial charge in [-0.3, -0.25) is 0 Å². The van der Waals surface area contributed by atoms with Gasteiger partial charge in [-0.2, -0.15) is 0 Å². The Morgan fingerprint density at radius 2 is 1.50 bits per heavy atom. The lowest BCUT2D eigenvalue weighted by atomic mass is 9.94. The van der Waals surface area contributed by atoms with Crippen LogP contribution >= 0.6 is 0 Å². The Kier molecular flexibility index (Phi) is 4.97. The molecule has 1 amide bonds. The predicted octanol–water partition coefficient (Wildman–Crippen LogP) is 4.42. The highest BCUT2D eigenvalue weighted by atomic mass is 19.1. The lowest BCUT2D eigenvalue weighted by Crippen LogP contribution is -2.40. The van der Waals surface area contributed by atoms with Crippen LogP contribution in [-0.2, 0) is 4.74 Å². The van der Waals surface area contributed by atoms with Crippen LogP contribution in [0.5, 0.6) is 0 Å². The molecule has 1 fully saturated rings. The Labute approximate surface area is 175 Å². The van der Waals surface area contributed by atoms with Crippen LogP contribution < -0.4 is 10.6 Å². The van der Waals surface area contributed by atoms with Crippen LogP contribution in [0.15, 0.2) is 72.8 Å². The molecular formula is C25H23FN2O2. The molecule has 1 saturated heterocycles. The summed E-state index contributed by atoms with van der Waals surface area (Å²) in [5.41, 5.74) is 5.37. The van der Waals surface area contributed by atoms with E-state index in [4.69, 9.17) is 4.74 Å². The van der Waals surface area contributed by atoms with Gasteiger partial charge < -0.3 is 15.4 Å². The Morgan fingerprint density at radius 3 is 2.17 bits per heavy atom. The quantitative estimate of drug-likeness (QED) is 0.679. The van der Waals surface area contributed by atoms with Gasteiger partial charge in [-0.15, -0.1) is 0 Å². The normalized spacial score (nSPS) is 19.9. The summed E-state index contributed by atoms with van der Waals surface area (Å²) in [5, 5.41) is 6.18. The van der Waals surface area contributed by atoms with Crippen molar-refractivity contribution in [1.82, 2.24) is 10.6 Å². The Balaban J connectivity index is 1.27. The van der Waals surface area contributed by atoms with Gasteiger partial charge in [-0.05, 0) is 33.9 Å². The fourth-order valence-electron chi connectivity index (χ4n) is 4.72. The summed E-state index contributed by atoms with van der Waals surface area (Å²) in [4.78, 5) is 12.6. The van der Waals surface area contributed by atoms with E-state index >= 15 is 0 Å². The minimum absolute atomic E-state index is 0.0206. The number of carbonyl (C=O) groups excluding carboxylic acids is 1. The molecule has 3 aromatic carbocycles. The van der Waals surface area contributed by atoms with Gasteiger partial charge in [0, 0.05) is 24.9 Å². The summed E-state index contributed by atoms with van der Waals surface area (Å²) in [6, 6.07) is 23.0. The maximum atomic E-state index is 14.2. The molecule has 2 aliphatic rings. The van der Waals surface area contributed by atoms with Crippen LogP contribution in [0, 0.1) is 5.82 Å². The molecule has 0 radical (unpaired) electrons. The SMILES string of the molecule is O=C(N[C@H]1CNCC1c1ccccc1F)OCC1c2ccccc2-c2ccccc21. The number of fused-ring (bicyclic) bond motifs is 3. The van der Waals surface area contributed by atoms with Crippen molar-refractivity contribution in [2.75, 3.05) is 19.7 Å². The molecule has 0 bridgehead atoms. The molecule has 1 aliphatic carbocycles. The molecule has 1 aliphatic heterocycles. The van der Waals surface area contributed by atoms with E-state index in [9.17, 15) is 9.18 Å². The molecule has 2 N–H and O–H groups in total. The molecule has 3 aromatic rings. The third-order valence-electron chi connectivity index (χ3n) is 6.17. The van der Waals surface area contributed by atoms with Gasteiger partial charge in [-0.25, -0.2) is 9.18 Å². The lowest BCUT2D eigenvalue weighted by Gasteiger charge is -2.21. The number of alkyl carbamates (subject to hydrolysis) is 1. The van der Waals surface area contributed by atoms with Crippen molar-refractivity contribution in [3.8, 4) is 11.1 Å². The lowest BCUT2D eigenvalue weighted by molar-refractivity contribution is 0.139. The second-order valence-corrected chi connectivity index (χ2v) is 7.86. The highest BCUT2D eigenvalue weighted by Gasteiger charge is 2.33. The number of benzene rings is 3. The first kappa shape index (κ1) is 18.8. The molecule has 30 heavy (non-hydrogen) atoms. The van der Waals surface area contributed by atoms with E-state index in [-0.39, 0.29) is 30.3 Å². The third-order valence-corrected chi connectivity index (χ3v) is 6.17. The summed E-state index contributed by atoms with van der Waals surface area (Å²) >= 11 is 0. The number of hydrogen-bond acceptors (Lipinski definition) is 3. The number of halogens is 1. The monoisotopic (exact) mass is 402 g/mol. The molecule has 0 aromatic heterocycles. The standard InChI is InChI=1S/C25H23FN2O2/c26-23-12-6-5-11-20(23)21-13-27-14-24(21)28-25(29)30-15-22-18-9-3-1-7-16(18)17-8-2-4-10-19(17)22/h1-12,21-22,24,27H,13-15H2,(H,28,29)/t21?,24-/m0/s1. The molecular weight excluding hydrogens is 379 g/mol. The molecule has 1 unspecified atom stereocenters. The molecule has 1 heterocycles. The maximum Gasteiger partial charge on any atom is 0.407 e. The van der Waals surface area contributed by atoms with E-state index in [1.165, 1.54) is 28.3 Å². The first-order chi connectivity index (χ1) is 14.7. The molecule has 152 valence electrons. The van der Waals surface area contributed by atoms with Crippen LogP contribution in [0.3, 0.4) is 0 Å². The van der Waals surface area contributed by atoms with E-state index in [1.807, 2.05) is 30.3 Å². The van der Waals surface area contributed by atoms with Crippen molar-refractivity contribution in [1.29, 1.82) is 0 Å². The van der Waals surface area contributed by atoms with Gasteiger partial charge >= 0.3 is 6.09 Å². The zero-order valence-corrected chi connectivity index (χ0v) is 16.5. The highest BCUT2D eigenvalue weighted by Crippen LogP contribution is 2.44. The largest absolute Gasteiger partial charge is 0.449 e. The van der Waals surface area contributed by atoms with Crippen molar-refractivity contribution in [3.63, 3.8) is 0 Å². The molecule has 0 spiro atoms. The smallest absolute Gasteiger partial charge is 0.407 e. The molecule has 0 saturated carbocycles. The van der Waals surface area contributed by atoms with E-state index in [1.54, 1.807) is 12.1 Å². The molecule has 4 nitrogen and oxygen atoms in total. The number of carbonyl (C=O) groups is 1. The minimum atomic E-state index is -0.466. The third kappa shape index (κ3) is 3.35. The molecule has 5 heteroatoms. The predicted molar refractivity (Wildman–Crippen MR) is 114 cm³/mol. The average molecular weight is 402 g/mol. The number of ether oxygens (including phenoxy) is 1. The fraction of sp³-hybridized carbons (Fsp3) is 0.240. The summed E-state index contributed by atoms with van der Waals surface area (Å²) in [6.07, 6.45) is -0.466. The van der Waals surface area contributed by atoms with Gasteiger partial charge in [0.1, 0.15) is 12.4 Å². The van der Waals surface area contributed by atoms with Gasteiger partial charge in [0.15, 0.2) is 0 Å². The Morgan fingerprint density at radius 1 is 0.900 bits per heavy atom. The minimum Gasteiger partial charge on any atom is -0.449 e. The summed E-state index contributed by atoms with van der Waals surface area (Å²) in [5.74, 6) is -0.343. The summed E-state index contributed by atoms with van der Waals surface area (Å²) < 4.78 is 19.9. The van der Waals surface area contributed by atoms with E-state index in [0.717, 1.165) is 0 Å². The molecule has 2 atom stereocenters. The number of hydrogen-bond donors (Lipinski definition) is 2. The van der Waals surface area contributed by atoms with Gasteiger partial charge in [0.25, 0.3) is 0 Å². The average Bonchev–Trinajstić information content (AvgIpc) is 3.35. The van der Waals surface area contributed by atoms with Crippen LogP contribution in [0.1, 0.15) is 28.5 Å². The number of nitrogens with one attached hydrogen (secondary N) is 2. The zero-order chi connectivity index (χ0) is 20.5. The van der Waals surface area contributed by atoms with Crippen molar-refractivity contribution in [3.05, 3.63) is 95.3 Å². The van der Waals surface area contributed by atoms with Crippen LogP contribution in [-0.4, -0.2) is 31.8 Å². The van der Waals surface area contributed by atoms with Crippen molar-refractivity contribution >= 4 is 6.09 Å². The number of amides is 1. The van der Waals surface area contributed by atoms with Crippen LogP contribution in [0.2, 0.25) is 0 Å². The van der Waals surface area contributed by atoms with E-state index in [2.05, 4.69) is 34.9 Å². The van der Waals surface area contributed by atoms with Gasteiger partial charge in [0.05, 0.1) is 6.04 Å². The second kappa shape index (κ2) is 7.92. The molecule has 5 rings (SSSR count). The maximum absolute atomic E-state index is 14.2. The fourth-order valence-corrected chi connectivity index (χ4v) is 4.72.